The molecule has 1 aliphatic heterocycles. The number of aliphatic hydroxyl groups is 4. The predicted octanol–water partition coefficient (Wildman–Crippen LogP) is 0.127. The van der Waals surface area contributed by atoms with Gasteiger partial charge in [-0.05, 0) is 19.3 Å². The van der Waals surface area contributed by atoms with E-state index < -0.39 is 30.6 Å². The lowest BCUT2D eigenvalue weighted by Gasteiger charge is -2.29. The lowest BCUT2D eigenvalue weighted by molar-refractivity contribution is -0.0857. The van der Waals surface area contributed by atoms with E-state index in [1.807, 2.05) is 0 Å². The van der Waals surface area contributed by atoms with E-state index in [1.54, 1.807) is 0 Å². The number of ether oxygens (including phenoxy) is 1. The Kier molecular flexibility index (Phi) is 6.61. The zero-order chi connectivity index (χ0) is 16.2. The van der Waals surface area contributed by atoms with Crippen molar-refractivity contribution in [1.29, 1.82) is 0 Å². The van der Waals surface area contributed by atoms with Crippen LogP contribution >= 0.6 is 0 Å². The Hall–Kier alpha value is -0.240. The smallest absolute Gasteiger partial charge is 0.145 e. The molecule has 1 heterocycles. The van der Waals surface area contributed by atoms with E-state index in [2.05, 4.69) is 12.2 Å². The van der Waals surface area contributed by atoms with Gasteiger partial charge in [0.15, 0.2) is 0 Å². The Balaban J connectivity index is 1.76. The van der Waals surface area contributed by atoms with Crippen LogP contribution < -0.4 is 5.32 Å². The number of rotatable bonds is 9. The average molecular weight is 317 g/mol. The molecule has 2 fully saturated rings. The van der Waals surface area contributed by atoms with Crippen LogP contribution in [-0.4, -0.2) is 63.7 Å². The molecule has 0 bridgehead atoms. The van der Waals surface area contributed by atoms with Crippen LogP contribution in [0.1, 0.15) is 51.9 Å². The highest BCUT2D eigenvalue weighted by atomic mass is 16.6. The van der Waals surface area contributed by atoms with E-state index in [0.29, 0.717) is 6.61 Å². The summed E-state index contributed by atoms with van der Waals surface area (Å²) in [6.45, 7) is 2.06. The molecule has 6 nitrogen and oxygen atoms in total. The van der Waals surface area contributed by atoms with Crippen LogP contribution in [0.15, 0.2) is 0 Å². The molecule has 22 heavy (non-hydrogen) atoms. The number of hydrogen-bond acceptors (Lipinski definition) is 6. The second-order valence-corrected chi connectivity index (χ2v) is 7.08. The molecule has 2 rings (SSSR count). The van der Waals surface area contributed by atoms with E-state index in [-0.39, 0.29) is 12.5 Å². The molecule has 0 aromatic carbocycles. The SMILES string of the molecule is CC(CC1CCCCC1)NC1(CC(O)C(O)C(O)CO)CO1. The monoisotopic (exact) mass is 317 g/mol. The summed E-state index contributed by atoms with van der Waals surface area (Å²) in [6, 6.07) is 0.290. The van der Waals surface area contributed by atoms with Crippen molar-refractivity contribution in [2.75, 3.05) is 13.2 Å². The predicted molar refractivity (Wildman–Crippen MR) is 82.2 cm³/mol. The molecule has 130 valence electrons. The van der Waals surface area contributed by atoms with Crippen LogP contribution in [0.5, 0.6) is 0 Å². The van der Waals surface area contributed by atoms with Gasteiger partial charge in [-0.1, -0.05) is 32.1 Å². The zero-order valence-electron chi connectivity index (χ0n) is 13.4. The molecule has 0 aromatic heterocycles. The molecule has 5 N–H and O–H groups in total. The van der Waals surface area contributed by atoms with Crippen LogP contribution in [0.25, 0.3) is 0 Å². The molecule has 0 aromatic rings. The minimum absolute atomic E-state index is 0.209. The molecular formula is C16H31NO5. The highest BCUT2D eigenvalue weighted by molar-refractivity contribution is 4.95. The molecule has 5 unspecified atom stereocenters. The van der Waals surface area contributed by atoms with Gasteiger partial charge in [0.2, 0.25) is 0 Å². The Labute approximate surface area is 132 Å². The fourth-order valence-electron chi connectivity index (χ4n) is 3.60. The minimum atomic E-state index is -1.36. The van der Waals surface area contributed by atoms with Crippen molar-refractivity contribution in [3.63, 3.8) is 0 Å². The zero-order valence-corrected chi connectivity index (χ0v) is 13.4. The first-order valence-corrected chi connectivity index (χ1v) is 8.52. The van der Waals surface area contributed by atoms with Gasteiger partial charge in [0.05, 0.1) is 19.3 Å². The van der Waals surface area contributed by atoms with Crippen LogP contribution in [0.3, 0.4) is 0 Å². The molecule has 0 radical (unpaired) electrons. The molecule has 0 spiro atoms. The van der Waals surface area contributed by atoms with Crippen LogP contribution in [0.2, 0.25) is 0 Å². The first-order valence-electron chi connectivity index (χ1n) is 8.52. The molecule has 1 saturated heterocycles. The summed E-state index contributed by atoms with van der Waals surface area (Å²) in [6.07, 6.45) is 4.08. The summed E-state index contributed by atoms with van der Waals surface area (Å²) < 4.78 is 5.46. The van der Waals surface area contributed by atoms with Gasteiger partial charge >= 0.3 is 0 Å². The molecule has 6 heteroatoms. The van der Waals surface area contributed by atoms with Gasteiger partial charge in [-0.25, -0.2) is 0 Å². The minimum Gasteiger partial charge on any atom is -0.394 e. The summed E-state index contributed by atoms with van der Waals surface area (Å²) in [5, 5.41) is 41.4. The standard InChI is InChI=1S/C16H31NO5/c1-11(7-12-5-3-2-4-6-12)17-16(10-22-16)8-13(19)15(21)14(20)9-18/h11-15,17-21H,2-10H2,1H3. The van der Waals surface area contributed by atoms with Crippen molar-refractivity contribution in [2.45, 2.75) is 81.9 Å². The van der Waals surface area contributed by atoms with Gasteiger partial charge < -0.3 is 25.2 Å². The van der Waals surface area contributed by atoms with Gasteiger partial charge in [-0.3, -0.25) is 5.32 Å². The maximum Gasteiger partial charge on any atom is 0.145 e. The van der Waals surface area contributed by atoms with Crippen molar-refractivity contribution in [3.8, 4) is 0 Å². The second-order valence-electron chi connectivity index (χ2n) is 7.08. The fraction of sp³-hybridized carbons (Fsp3) is 1.00. The van der Waals surface area contributed by atoms with Crippen LogP contribution in [0.4, 0.5) is 0 Å². The van der Waals surface area contributed by atoms with E-state index in [4.69, 9.17) is 9.84 Å². The van der Waals surface area contributed by atoms with Gasteiger partial charge in [0.1, 0.15) is 17.9 Å². The number of nitrogens with one attached hydrogen (secondary N) is 1. The molecular weight excluding hydrogens is 286 g/mol. The highest BCUT2D eigenvalue weighted by Crippen LogP contribution is 2.33. The highest BCUT2D eigenvalue weighted by Gasteiger charge is 2.48. The second kappa shape index (κ2) is 8.04. The third kappa shape index (κ3) is 5.15. The van der Waals surface area contributed by atoms with Gasteiger partial charge in [0, 0.05) is 12.5 Å². The number of hydrogen-bond donors (Lipinski definition) is 5. The van der Waals surface area contributed by atoms with Crippen molar-refractivity contribution in [3.05, 3.63) is 0 Å². The summed E-state index contributed by atoms with van der Waals surface area (Å²) in [7, 11) is 0. The summed E-state index contributed by atoms with van der Waals surface area (Å²) in [5.74, 6) is 0.763. The Bertz CT molecular complexity index is 330. The summed E-state index contributed by atoms with van der Waals surface area (Å²) in [5.41, 5.74) is -0.594. The Morgan fingerprint density at radius 2 is 1.77 bits per heavy atom. The number of aliphatic hydroxyl groups excluding tert-OH is 4. The third-order valence-electron chi connectivity index (χ3n) is 4.93. The van der Waals surface area contributed by atoms with E-state index in [9.17, 15) is 15.3 Å². The number of epoxide rings is 1. The molecule has 1 aliphatic carbocycles. The Morgan fingerprint density at radius 3 is 2.32 bits per heavy atom. The van der Waals surface area contributed by atoms with E-state index in [1.165, 1.54) is 32.1 Å². The van der Waals surface area contributed by atoms with Crippen molar-refractivity contribution in [2.24, 2.45) is 5.92 Å². The fourth-order valence-corrected chi connectivity index (χ4v) is 3.60. The maximum atomic E-state index is 9.99. The summed E-state index contributed by atoms with van der Waals surface area (Å²) >= 11 is 0. The average Bonchev–Trinajstić information content (AvgIpc) is 3.25. The third-order valence-corrected chi connectivity index (χ3v) is 4.93. The lowest BCUT2D eigenvalue weighted by atomic mass is 9.85. The first-order chi connectivity index (χ1) is 10.5. The van der Waals surface area contributed by atoms with E-state index >= 15 is 0 Å². The van der Waals surface area contributed by atoms with Crippen molar-refractivity contribution >= 4 is 0 Å². The van der Waals surface area contributed by atoms with Crippen molar-refractivity contribution in [1.82, 2.24) is 5.32 Å². The molecule has 1 saturated carbocycles. The topological polar surface area (TPSA) is 105 Å². The Morgan fingerprint density at radius 1 is 1.14 bits per heavy atom. The molecule has 2 aliphatic rings. The van der Waals surface area contributed by atoms with Gasteiger partial charge in [0.25, 0.3) is 0 Å². The lowest BCUT2D eigenvalue weighted by Crippen LogP contribution is -2.47. The van der Waals surface area contributed by atoms with Gasteiger partial charge in [-0.15, -0.1) is 0 Å². The van der Waals surface area contributed by atoms with E-state index in [0.717, 1.165) is 12.3 Å². The van der Waals surface area contributed by atoms with Crippen LogP contribution in [0, 0.1) is 5.92 Å². The van der Waals surface area contributed by atoms with Crippen molar-refractivity contribution < 1.29 is 25.2 Å². The maximum absolute atomic E-state index is 9.99. The summed E-state index contributed by atoms with van der Waals surface area (Å²) in [4.78, 5) is 0. The quantitative estimate of drug-likeness (QED) is 0.387. The molecule has 0 amide bonds. The largest absolute Gasteiger partial charge is 0.394 e. The first kappa shape index (κ1) is 18.1. The van der Waals surface area contributed by atoms with Crippen LogP contribution in [-0.2, 0) is 4.74 Å². The molecule has 5 atom stereocenters. The van der Waals surface area contributed by atoms with Gasteiger partial charge in [-0.2, -0.15) is 0 Å². The normalized spacial score (nSPS) is 31.5.